The molecule has 2 aromatic rings. The van der Waals surface area contributed by atoms with E-state index in [-0.39, 0.29) is 5.84 Å². The predicted molar refractivity (Wildman–Crippen MR) is 68.4 cm³/mol. The van der Waals surface area contributed by atoms with Crippen molar-refractivity contribution in [3.05, 3.63) is 35.9 Å². The quantitative estimate of drug-likeness (QED) is 0.589. The highest BCUT2D eigenvalue weighted by Gasteiger charge is 2.08. The van der Waals surface area contributed by atoms with Crippen molar-refractivity contribution < 1.29 is 0 Å². The van der Waals surface area contributed by atoms with Crippen LogP contribution in [-0.4, -0.2) is 32.6 Å². The lowest BCUT2D eigenvalue weighted by Crippen LogP contribution is -2.21. The molecule has 0 radical (unpaired) electrons. The second-order valence-electron chi connectivity index (χ2n) is 4.03. The molecule has 0 spiro atoms. The molecule has 0 fully saturated rings. The van der Waals surface area contributed by atoms with Gasteiger partial charge in [-0.05, 0) is 6.07 Å². The minimum atomic E-state index is -0.0616. The Morgan fingerprint density at radius 3 is 2.94 bits per heavy atom. The third-order valence-corrected chi connectivity index (χ3v) is 2.44. The van der Waals surface area contributed by atoms with Gasteiger partial charge >= 0.3 is 0 Å². The zero-order valence-electron chi connectivity index (χ0n) is 10.3. The first-order valence-electron chi connectivity index (χ1n) is 5.42. The van der Waals surface area contributed by atoms with Crippen LogP contribution in [0.4, 0.5) is 5.95 Å². The average molecular weight is 245 g/mol. The van der Waals surface area contributed by atoms with E-state index in [1.807, 2.05) is 25.2 Å². The number of hydrogen-bond donors (Lipinski definition) is 2. The predicted octanol–water partition coefficient (Wildman–Crippen LogP) is 0.131. The summed E-state index contributed by atoms with van der Waals surface area (Å²) in [6, 6.07) is 1.61. The summed E-state index contributed by atoms with van der Waals surface area (Å²) in [5.41, 5.74) is 6.90. The van der Waals surface area contributed by atoms with Gasteiger partial charge in [-0.3, -0.25) is 10.1 Å². The molecular weight excluding hydrogens is 230 g/mol. The van der Waals surface area contributed by atoms with Crippen LogP contribution in [0, 0.1) is 5.41 Å². The summed E-state index contributed by atoms with van der Waals surface area (Å²) < 4.78 is 1.75. The second-order valence-corrected chi connectivity index (χ2v) is 4.03. The Bertz CT molecular complexity index is 560. The largest absolute Gasteiger partial charge is 0.382 e. The zero-order valence-corrected chi connectivity index (χ0v) is 10.3. The molecule has 0 saturated carbocycles. The summed E-state index contributed by atoms with van der Waals surface area (Å²) in [6.07, 6.45) is 5.33. The Morgan fingerprint density at radius 2 is 2.33 bits per heavy atom. The number of rotatable bonds is 4. The minimum Gasteiger partial charge on any atom is -0.382 e. The molecule has 18 heavy (non-hydrogen) atoms. The van der Waals surface area contributed by atoms with Crippen LogP contribution in [0.1, 0.15) is 11.3 Å². The minimum absolute atomic E-state index is 0.0616. The van der Waals surface area contributed by atoms with E-state index in [9.17, 15) is 0 Å². The highest BCUT2D eigenvalue weighted by atomic mass is 15.3. The highest BCUT2D eigenvalue weighted by Crippen LogP contribution is 2.09. The Kier molecular flexibility index (Phi) is 3.22. The van der Waals surface area contributed by atoms with Crippen molar-refractivity contribution in [2.75, 3.05) is 11.9 Å². The normalized spacial score (nSPS) is 10.3. The van der Waals surface area contributed by atoms with Gasteiger partial charge in [0.05, 0.1) is 6.20 Å². The van der Waals surface area contributed by atoms with Crippen LogP contribution in [0.2, 0.25) is 0 Å². The molecule has 7 nitrogen and oxygen atoms in total. The van der Waals surface area contributed by atoms with Crippen LogP contribution < -0.4 is 10.6 Å². The molecule has 0 aromatic carbocycles. The van der Waals surface area contributed by atoms with Crippen LogP contribution in [0.5, 0.6) is 0 Å². The number of aryl methyl sites for hydroxylation is 1. The lowest BCUT2D eigenvalue weighted by atomic mass is 10.3. The number of amidine groups is 1. The van der Waals surface area contributed by atoms with Gasteiger partial charge < -0.3 is 10.6 Å². The van der Waals surface area contributed by atoms with Crippen LogP contribution in [0.25, 0.3) is 0 Å². The molecule has 0 aliphatic heterocycles. The summed E-state index contributed by atoms with van der Waals surface area (Å²) in [4.78, 5) is 10.3. The highest BCUT2D eigenvalue weighted by molar-refractivity contribution is 5.93. The molecule has 3 N–H and O–H groups in total. The Balaban J connectivity index is 2.15. The topological polar surface area (TPSA) is 96.7 Å². The van der Waals surface area contributed by atoms with Crippen molar-refractivity contribution in [1.82, 2.24) is 19.7 Å². The van der Waals surface area contributed by atoms with E-state index in [0.29, 0.717) is 18.2 Å². The van der Waals surface area contributed by atoms with Gasteiger partial charge in [0.15, 0.2) is 0 Å². The fourth-order valence-corrected chi connectivity index (χ4v) is 1.58. The van der Waals surface area contributed by atoms with Gasteiger partial charge in [-0.15, -0.1) is 0 Å². The van der Waals surface area contributed by atoms with Crippen molar-refractivity contribution in [3.8, 4) is 0 Å². The van der Waals surface area contributed by atoms with Crippen molar-refractivity contribution >= 4 is 11.8 Å². The first-order chi connectivity index (χ1) is 8.56. The van der Waals surface area contributed by atoms with Gasteiger partial charge in [0.25, 0.3) is 0 Å². The summed E-state index contributed by atoms with van der Waals surface area (Å²) in [6.45, 7) is 0.648. The van der Waals surface area contributed by atoms with Gasteiger partial charge in [-0.25, -0.2) is 9.97 Å². The van der Waals surface area contributed by atoms with Crippen LogP contribution in [-0.2, 0) is 13.6 Å². The maximum absolute atomic E-state index is 7.35. The Hall–Kier alpha value is -2.44. The molecular formula is C11H15N7. The number of nitrogen functional groups attached to an aromatic ring is 1. The van der Waals surface area contributed by atoms with E-state index < -0.39 is 0 Å². The molecule has 0 aliphatic carbocycles. The van der Waals surface area contributed by atoms with Crippen LogP contribution in [0.15, 0.2) is 24.7 Å². The van der Waals surface area contributed by atoms with E-state index in [0.717, 1.165) is 5.56 Å². The van der Waals surface area contributed by atoms with Gasteiger partial charge in [0.2, 0.25) is 5.95 Å². The van der Waals surface area contributed by atoms with Gasteiger partial charge in [0.1, 0.15) is 11.5 Å². The van der Waals surface area contributed by atoms with E-state index in [1.165, 1.54) is 0 Å². The molecule has 0 bridgehead atoms. The number of hydrogen-bond acceptors (Lipinski definition) is 5. The number of nitrogens with two attached hydrogens (primary N) is 1. The summed E-state index contributed by atoms with van der Waals surface area (Å²) in [5.74, 6) is 0.472. The maximum Gasteiger partial charge on any atom is 0.226 e. The molecule has 0 unspecified atom stereocenters. The van der Waals surface area contributed by atoms with Gasteiger partial charge in [-0.1, -0.05) is 0 Å². The van der Waals surface area contributed by atoms with E-state index in [2.05, 4.69) is 15.1 Å². The standard InChI is InChI=1S/C11H15N7/c1-17(6-8-5-15-18(2)7-8)11-14-4-3-9(16-11)10(12)13/h3-5,7H,6H2,1-2H3,(H3,12,13). The monoisotopic (exact) mass is 245 g/mol. The molecule has 2 rings (SSSR count). The molecule has 94 valence electrons. The summed E-state index contributed by atoms with van der Waals surface area (Å²) in [5, 5.41) is 11.5. The van der Waals surface area contributed by atoms with Gasteiger partial charge in [-0.2, -0.15) is 5.10 Å². The summed E-state index contributed by atoms with van der Waals surface area (Å²) >= 11 is 0. The van der Waals surface area contributed by atoms with Crippen molar-refractivity contribution in [2.45, 2.75) is 6.54 Å². The van der Waals surface area contributed by atoms with E-state index in [4.69, 9.17) is 11.1 Å². The fraction of sp³-hybridized carbons (Fsp3) is 0.273. The van der Waals surface area contributed by atoms with Crippen LogP contribution >= 0.6 is 0 Å². The first-order valence-corrected chi connectivity index (χ1v) is 5.42. The number of anilines is 1. The van der Waals surface area contributed by atoms with Crippen LogP contribution in [0.3, 0.4) is 0 Å². The molecule has 0 saturated heterocycles. The SMILES string of the molecule is CN(Cc1cnn(C)c1)c1nccc(C(=N)N)n1. The molecule has 0 atom stereocenters. The van der Waals surface area contributed by atoms with Gasteiger partial charge in [0, 0.05) is 38.6 Å². The Labute approximate surface area is 105 Å². The lowest BCUT2D eigenvalue weighted by Gasteiger charge is -2.16. The third-order valence-electron chi connectivity index (χ3n) is 2.44. The smallest absolute Gasteiger partial charge is 0.226 e. The molecule has 0 aliphatic rings. The average Bonchev–Trinajstić information content (AvgIpc) is 2.75. The third kappa shape index (κ3) is 2.62. The first kappa shape index (κ1) is 12.0. The van der Waals surface area contributed by atoms with E-state index >= 15 is 0 Å². The number of aromatic nitrogens is 4. The van der Waals surface area contributed by atoms with Crippen molar-refractivity contribution in [3.63, 3.8) is 0 Å². The van der Waals surface area contributed by atoms with E-state index in [1.54, 1.807) is 23.1 Å². The maximum atomic E-state index is 7.35. The van der Waals surface area contributed by atoms with Crippen molar-refractivity contribution in [1.29, 1.82) is 5.41 Å². The lowest BCUT2D eigenvalue weighted by molar-refractivity contribution is 0.766. The zero-order chi connectivity index (χ0) is 13.1. The van der Waals surface area contributed by atoms with Crippen molar-refractivity contribution in [2.24, 2.45) is 12.8 Å². The summed E-state index contributed by atoms with van der Waals surface area (Å²) in [7, 11) is 3.75. The molecule has 7 heteroatoms. The molecule has 2 aromatic heterocycles. The molecule has 0 amide bonds. The number of nitrogens with zero attached hydrogens (tertiary/aromatic N) is 5. The number of nitrogens with one attached hydrogen (secondary N) is 1. The fourth-order valence-electron chi connectivity index (χ4n) is 1.58. The second kappa shape index (κ2) is 4.82. The molecule has 2 heterocycles. The Morgan fingerprint density at radius 1 is 1.56 bits per heavy atom.